The summed E-state index contributed by atoms with van der Waals surface area (Å²) in [5.74, 6) is -0.105. The second-order valence-electron chi connectivity index (χ2n) is 4.89. The lowest BCUT2D eigenvalue weighted by Gasteiger charge is -2.28. The minimum atomic E-state index is -3.10. The predicted octanol–water partition coefficient (Wildman–Crippen LogP) is -0.107. The van der Waals surface area contributed by atoms with Crippen LogP contribution in [0.2, 0.25) is 0 Å². The number of amides is 1. The van der Waals surface area contributed by atoms with E-state index in [9.17, 15) is 13.2 Å². The zero-order valence-corrected chi connectivity index (χ0v) is 13.3. The minimum absolute atomic E-state index is 0.105. The third-order valence-electron chi connectivity index (χ3n) is 3.29. The van der Waals surface area contributed by atoms with Crippen LogP contribution in [0, 0.1) is 0 Å². The third kappa shape index (κ3) is 7.49. The first-order valence-corrected chi connectivity index (χ1v) is 8.30. The van der Waals surface area contributed by atoms with Crippen LogP contribution in [0.3, 0.4) is 0 Å². The van der Waals surface area contributed by atoms with E-state index in [1.54, 1.807) is 26.0 Å². The van der Waals surface area contributed by atoms with Gasteiger partial charge in [0.15, 0.2) is 9.84 Å². The number of carbonyl (C=O) groups is 1. The maximum absolute atomic E-state index is 11.7. The van der Waals surface area contributed by atoms with Gasteiger partial charge in [0.25, 0.3) is 0 Å². The smallest absolute Gasteiger partial charge is 0.234 e. The summed E-state index contributed by atoms with van der Waals surface area (Å²) >= 11 is 0. The summed E-state index contributed by atoms with van der Waals surface area (Å²) in [6.45, 7) is 4.83. The molecular weight excluding hydrogens is 268 g/mol. The van der Waals surface area contributed by atoms with Crippen LogP contribution in [0.15, 0.2) is 0 Å². The van der Waals surface area contributed by atoms with Gasteiger partial charge in [-0.1, -0.05) is 0 Å². The van der Waals surface area contributed by atoms with Crippen molar-refractivity contribution in [2.24, 2.45) is 0 Å². The Morgan fingerprint density at radius 2 is 1.95 bits per heavy atom. The highest BCUT2D eigenvalue weighted by Crippen LogP contribution is 2.09. The summed E-state index contributed by atoms with van der Waals surface area (Å²) < 4.78 is 27.8. The zero-order valence-electron chi connectivity index (χ0n) is 12.5. The number of sulfone groups is 1. The van der Waals surface area contributed by atoms with Crippen molar-refractivity contribution in [3.05, 3.63) is 0 Å². The number of hydrogen-bond donors (Lipinski definition) is 1. The standard InChI is InChI=1S/C12H26N2O4S/c1-10(11(2)19(5,16)17)14(3)9-12(15)13-7-6-8-18-4/h10-11H,6-9H2,1-5H3,(H,13,15). The number of hydrogen-bond acceptors (Lipinski definition) is 5. The van der Waals surface area contributed by atoms with Gasteiger partial charge >= 0.3 is 0 Å². The summed E-state index contributed by atoms with van der Waals surface area (Å²) in [6, 6.07) is -0.209. The fourth-order valence-electron chi connectivity index (χ4n) is 1.59. The van der Waals surface area contributed by atoms with Crippen LogP contribution in [0.25, 0.3) is 0 Å². The average molecular weight is 294 g/mol. The first kappa shape index (κ1) is 18.3. The second-order valence-corrected chi connectivity index (χ2v) is 7.29. The van der Waals surface area contributed by atoms with E-state index in [0.717, 1.165) is 6.42 Å². The molecule has 0 spiro atoms. The molecule has 0 rings (SSSR count). The molecule has 2 unspecified atom stereocenters. The molecule has 0 aliphatic carbocycles. The van der Waals surface area contributed by atoms with E-state index in [4.69, 9.17) is 4.74 Å². The summed E-state index contributed by atoms with van der Waals surface area (Å²) in [6.07, 6.45) is 1.98. The van der Waals surface area contributed by atoms with Crippen LogP contribution in [-0.2, 0) is 19.4 Å². The number of nitrogens with one attached hydrogen (secondary N) is 1. The lowest BCUT2D eigenvalue weighted by atomic mass is 10.2. The topological polar surface area (TPSA) is 75.7 Å². The molecule has 0 saturated carbocycles. The summed E-state index contributed by atoms with van der Waals surface area (Å²) in [5, 5.41) is 2.27. The Hall–Kier alpha value is -0.660. The second kappa shape index (κ2) is 8.50. The fourth-order valence-corrected chi connectivity index (χ4v) is 2.51. The number of nitrogens with zero attached hydrogens (tertiary/aromatic N) is 1. The quantitative estimate of drug-likeness (QED) is 0.601. The van der Waals surface area contributed by atoms with Crippen LogP contribution in [-0.4, -0.2) is 70.6 Å². The maximum atomic E-state index is 11.7. The summed E-state index contributed by atoms with van der Waals surface area (Å²) in [7, 11) is 0.269. The van der Waals surface area contributed by atoms with Crippen molar-refractivity contribution in [2.45, 2.75) is 31.6 Å². The van der Waals surface area contributed by atoms with Gasteiger partial charge in [-0.3, -0.25) is 9.69 Å². The molecule has 0 aliphatic rings. The summed E-state index contributed by atoms with van der Waals surface area (Å²) in [4.78, 5) is 13.4. The van der Waals surface area contributed by atoms with Crippen molar-refractivity contribution in [1.82, 2.24) is 10.2 Å². The molecule has 1 N–H and O–H groups in total. The van der Waals surface area contributed by atoms with Gasteiger partial charge in [0.1, 0.15) is 0 Å². The van der Waals surface area contributed by atoms with Gasteiger partial charge in [-0.25, -0.2) is 8.42 Å². The van der Waals surface area contributed by atoms with E-state index in [1.807, 2.05) is 6.92 Å². The normalized spacial score (nSPS) is 15.3. The van der Waals surface area contributed by atoms with E-state index in [-0.39, 0.29) is 18.5 Å². The van der Waals surface area contributed by atoms with E-state index in [0.29, 0.717) is 13.2 Å². The van der Waals surface area contributed by atoms with Crippen molar-refractivity contribution in [3.8, 4) is 0 Å². The maximum Gasteiger partial charge on any atom is 0.234 e. The Labute approximate surface area is 116 Å². The molecule has 0 aromatic carbocycles. The van der Waals surface area contributed by atoms with Crippen LogP contribution in [0.5, 0.6) is 0 Å². The van der Waals surface area contributed by atoms with E-state index >= 15 is 0 Å². The van der Waals surface area contributed by atoms with Gasteiger partial charge in [-0.2, -0.15) is 0 Å². The van der Waals surface area contributed by atoms with Crippen molar-refractivity contribution in [3.63, 3.8) is 0 Å². The van der Waals surface area contributed by atoms with Crippen molar-refractivity contribution in [2.75, 3.05) is 40.1 Å². The van der Waals surface area contributed by atoms with Gasteiger partial charge in [-0.15, -0.1) is 0 Å². The fraction of sp³-hybridized carbons (Fsp3) is 0.917. The van der Waals surface area contributed by atoms with Crippen molar-refractivity contribution in [1.29, 1.82) is 0 Å². The monoisotopic (exact) mass is 294 g/mol. The highest BCUT2D eigenvalue weighted by molar-refractivity contribution is 7.91. The Bertz CT molecular complexity index is 370. The first-order valence-electron chi connectivity index (χ1n) is 6.35. The largest absolute Gasteiger partial charge is 0.385 e. The Kier molecular flexibility index (Phi) is 8.20. The molecule has 0 aromatic heterocycles. The van der Waals surface area contributed by atoms with Crippen molar-refractivity contribution < 1.29 is 17.9 Å². The lowest BCUT2D eigenvalue weighted by molar-refractivity contribution is -0.122. The number of carbonyl (C=O) groups excluding carboxylic acids is 1. The van der Waals surface area contributed by atoms with E-state index < -0.39 is 15.1 Å². The van der Waals surface area contributed by atoms with Gasteiger partial charge in [0.05, 0.1) is 11.8 Å². The van der Waals surface area contributed by atoms with Crippen LogP contribution >= 0.6 is 0 Å². The Morgan fingerprint density at radius 3 is 2.42 bits per heavy atom. The van der Waals surface area contributed by atoms with Gasteiger partial charge < -0.3 is 10.1 Å². The third-order valence-corrected chi connectivity index (χ3v) is 5.03. The molecule has 7 heteroatoms. The van der Waals surface area contributed by atoms with Gasteiger partial charge in [0.2, 0.25) is 5.91 Å². The number of rotatable bonds is 9. The average Bonchev–Trinajstić information content (AvgIpc) is 2.31. The molecule has 0 radical (unpaired) electrons. The van der Waals surface area contributed by atoms with Gasteiger partial charge in [0, 0.05) is 32.6 Å². The van der Waals surface area contributed by atoms with Gasteiger partial charge in [-0.05, 0) is 27.3 Å². The molecule has 0 heterocycles. The minimum Gasteiger partial charge on any atom is -0.385 e. The molecule has 2 atom stereocenters. The zero-order chi connectivity index (χ0) is 15.1. The first-order chi connectivity index (χ1) is 8.70. The molecule has 0 saturated heterocycles. The molecule has 19 heavy (non-hydrogen) atoms. The predicted molar refractivity (Wildman–Crippen MR) is 75.9 cm³/mol. The number of likely N-dealkylation sites (N-methyl/N-ethyl adjacent to an activating group) is 1. The molecule has 1 amide bonds. The SMILES string of the molecule is COCCCNC(=O)CN(C)C(C)C(C)S(C)(=O)=O. The van der Waals surface area contributed by atoms with E-state index in [2.05, 4.69) is 5.32 Å². The Balaban J connectivity index is 4.15. The van der Waals surface area contributed by atoms with E-state index in [1.165, 1.54) is 6.26 Å². The molecule has 0 aromatic rings. The van der Waals surface area contributed by atoms with Crippen LogP contribution < -0.4 is 5.32 Å². The number of methoxy groups -OCH3 is 1. The highest BCUT2D eigenvalue weighted by atomic mass is 32.2. The lowest BCUT2D eigenvalue weighted by Crippen LogP contribution is -2.46. The molecule has 0 fully saturated rings. The molecular formula is C12H26N2O4S. The highest BCUT2D eigenvalue weighted by Gasteiger charge is 2.26. The molecule has 114 valence electrons. The molecule has 0 bridgehead atoms. The van der Waals surface area contributed by atoms with Crippen LogP contribution in [0.1, 0.15) is 20.3 Å². The Morgan fingerprint density at radius 1 is 1.37 bits per heavy atom. The summed E-state index contributed by atoms with van der Waals surface area (Å²) in [5.41, 5.74) is 0. The van der Waals surface area contributed by atoms with Crippen LogP contribution in [0.4, 0.5) is 0 Å². The molecule has 0 aliphatic heterocycles. The molecule has 6 nitrogen and oxygen atoms in total. The van der Waals surface area contributed by atoms with Crippen molar-refractivity contribution >= 4 is 15.7 Å². The number of ether oxygens (including phenoxy) is 1.